The van der Waals surface area contributed by atoms with E-state index in [9.17, 15) is 14.4 Å². The van der Waals surface area contributed by atoms with Gasteiger partial charge in [-0.3, -0.25) is 14.4 Å². The van der Waals surface area contributed by atoms with E-state index >= 15 is 0 Å². The van der Waals surface area contributed by atoms with Gasteiger partial charge < -0.3 is 4.74 Å². The molecule has 0 N–H and O–H groups in total. The zero-order valence-electron chi connectivity index (χ0n) is 10.8. The summed E-state index contributed by atoms with van der Waals surface area (Å²) in [6.45, 7) is 0. The molecule has 1 aliphatic carbocycles. The molecular formula is C15H16O4. The predicted molar refractivity (Wildman–Crippen MR) is 68.6 cm³/mol. The number of benzene rings is 1. The Balaban J connectivity index is 2.12. The Morgan fingerprint density at radius 2 is 1.89 bits per heavy atom. The van der Waals surface area contributed by atoms with Crippen LogP contribution < -0.4 is 0 Å². The summed E-state index contributed by atoms with van der Waals surface area (Å²) in [5.74, 6) is -1.71. The second-order valence-corrected chi connectivity index (χ2v) is 4.74. The summed E-state index contributed by atoms with van der Waals surface area (Å²) >= 11 is 0. The molecule has 2 rings (SSSR count). The van der Waals surface area contributed by atoms with Crippen LogP contribution in [0.2, 0.25) is 0 Å². The average Bonchev–Trinajstić information content (AvgIpc) is 2.47. The van der Waals surface area contributed by atoms with Crippen molar-refractivity contribution in [1.29, 1.82) is 0 Å². The quantitative estimate of drug-likeness (QED) is 0.474. The number of esters is 1. The predicted octanol–water partition coefficient (Wildman–Crippen LogP) is 2.03. The maximum Gasteiger partial charge on any atom is 0.316 e. The first-order chi connectivity index (χ1) is 9.13. The van der Waals surface area contributed by atoms with Gasteiger partial charge in [0.1, 0.15) is 11.7 Å². The first-order valence-electron chi connectivity index (χ1n) is 6.33. The van der Waals surface area contributed by atoms with E-state index in [0.717, 1.165) is 0 Å². The van der Waals surface area contributed by atoms with Gasteiger partial charge in [-0.25, -0.2) is 0 Å². The molecule has 0 heterocycles. The summed E-state index contributed by atoms with van der Waals surface area (Å²) in [5.41, 5.74) is 0.630. The van der Waals surface area contributed by atoms with Crippen molar-refractivity contribution in [2.24, 2.45) is 11.8 Å². The second-order valence-electron chi connectivity index (χ2n) is 4.74. The summed E-state index contributed by atoms with van der Waals surface area (Å²) in [7, 11) is 1.26. The highest BCUT2D eigenvalue weighted by Gasteiger charge is 2.37. The van der Waals surface area contributed by atoms with Gasteiger partial charge in [-0.15, -0.1) is 0 Å². The fourth-order valence-corrected chi connectivity index (χ4v) is 2.47. The molecular weight excluding hydrogens is 244 g/mol. The van der Waals surface area contributed by atoms with Crippen LogP contribution in [0.3, 0.4) is 0 Å². The molecule has 1 fully saturated rings. The molecule has 0 radical (unpaired) electrons. The number of carbonyl (C=O) groups excluding carboxylic acids is 3. The van der Waals surface area contributed by atoms with E-state index in [2.05, 4.69) is 4.74 Å². The highest BCUT2D eigenvalue weighted by Crippen LogP contribution is 2.29. The minimum Gasteiger partial charge on any atom is -0.468 e. The molecule has 0 aromatic heterocycles. The van der Waals surface area contributed by atoms with Crippen molar-refractivity contribution in [2.45, 2.75) is 19.3 Å². The maximum absolute atomic E-state index is 12.3. The topological polar surface area (TPSA) is 60.4 Å². The van der Waals surface area contributed by atoms with Gasteiger partial charge in [-0.2, -0.15) is 0 Å². The van der Waals surface area contributed by atoms with Gasteiger partial charge in [0.2, 0.25) is 0 Å². The van der Waals surface area contributed by atoms with E-state index in [0.29, 0.717) is 12.0 Å². The lowest BCUT2D eigenvalue weighted by Crippen LogP contribution is -2.34. The van der Waals surface area contributed by atoms with Crippen molar-refractivity contribution < 1.29 is 19.1 Å². The van der Waals surface area contributed by atoms with Gasteiger partial charge in [-0.1, -0.05) is 30.3 Å². The first kappa shape index (κ1) is 13.5. The van der Waals surface area contributed by atoms with Gasteiger partial charge in [0.05, 0.1) is 7.11 Å². The molecule has 0 amide bonds. The van der Waals surface area contributed by atoms with Crippen LogP contribution in [0.4, 0.5) is 0 Å². The normalized spacial score (nSPS) is 22.9. The number of hydrogen-bond donors (Lipinski definition) is 0. The molecule has 100 valence electrons. The molecule has 1 saturated carbocycles. The van der Waals surface area contributed by atoms with Gasteiger partial charge >= 0.3 is 5.97 Å². The number of ketones is 2. The van der Waals surface area contributed by atoms with Gasteiger partial charge in [0, 0.05) is 17.9 Å². The monoisotopic (exact) mass is 260 g/mol. The third-order valence-corrected chi connectivity index (χ3v) is 3.56. The van der Waals surface area contributed by atoms with Crippen molar-refractivity contribution in [3.63, 3.8) is 0 Å². The molecule has 2 atom stereocenters. The van der Waals surface area contributed by atoms with E-state index in [1.165, 1.54) is 7.11 Å². The Labute approximate surface area is 111 Å². The maximum atomic E-state index is 12.3. The van der Waals surface area contributed by atoms with Crippen molar-refractivity contribution in [2.75, 3.05) is 7.11 Å². The zero-order valence-corrected chi connectivity index (χ0v) is 10.8. The number of Topliss-reactive ketones (excluding diaryl/α,β-unsaturated/α-hetero) is 2. The third kappa shape index (κ3) is 2.89. The Hall–Kier alpha value is -1.97. The molecule has 4 heteroatoms. The summed E-state index contributed by atoms with van der Waals surface area (Å²) in [4.78, 5) is 35.5. The zero-order chi connectivity index (χ0) is 13.8. The number of methoxy groups -OCH3 is 1. The largest absolute Gasteiger partial charge is 0.468 e. The van der Waals surface area contributed by atoms with E-state index in [1.54, 1.807) is 24.3 Å². The SMILES string of the molecule is COC(=O)C1CC(C(=O)c2ccccc2)CCC1=O. The highest BCUT2D eigenvalue weighted by atomic mass is 16.5. The van der Waals surface area contributed by atoms with Crippen LogP contribution >= 0.6 is 0 Å². The minimum atomic E-state index is -0.781. The molecule has 1 aromatic rings. The lowest BCUT2D eigenvalue weighted by atomic mass is 9.77. The number of carbonyl (C=O) groups is 3. The Kier molecular flexibility index (Phi) is 4.10. The average molecular weight is 260 g/mol. The number of hydrogen-bond acceptors (Lipinski definition) is 4. The van der Waals surface area contributed by atoms with Crippen molar-refractivity contribution >= 4 is 17.5 Å². The fourth-order valence-electron chi connectivity index (χ4n) is 2.47. The molecule has 0 aliphatic heterocycles. The molecule has 19 heavy (non-hydrogen) atoms. The lowest BCUT2D eigenvalue weighted by Gasteiger charge is -2.25. The minimum absolute atomic E-state index is 0.00185. The van der Waals surface area contributed by atoms with Crippen molar-refractivity contribution in [3.8, 4) is 0 Å². The molecule has 0 bridgehead atoms. The fraction of sp³-hybridized carbons (Fsp3) is 0.400. The Morgan fingerprint density at radius 1 is 1.21 bits per heavy atom. The van der Waals surface area contributed by atoms with Crippen LogP contribution in [0.15, 0.2) is 30.3 Å². The lowest BCUT2D eigenvalue weighted by molar-refractivity contribution is -0.151. The van der Waals surface area contributed by atoms with Crippen LogP contribution in [0.1, 0.15) is 29.6 Å². The summed E-state index contributed by atoms with van der Waals surface area (Å²) in [5, 5.41) is 0. The molecule has 0 saturated heterocycles. The second kappa shape index (κ2) is 5.78. The van der Waals surface area contributed by atoms with Gasteiger partial charge in [-0.05, 0) is 12.8 Å². The van der Waals surface area contributed by atoms with Gasteiger partial charge in [0.15, 0.2) is 5.78 Å². The van der Waals surface area contributed by atoms with E-state index in [-0.39, 0.29) is 30.3 Å². The smallest absolute Gasteiger partial charge is 0.316 e. The standard InChI is InChI=1S/C15H16O4/c1-19-15(18)12-9-11(7-8-13(12)16)14(17)10-5-3-2-4-6-10/h2-6,11-12H,7-9H2,1H3. The summed E-state index contributed by atoms with van der Waals surface area (Å²) in [6, 6.07) is 8.97. The third-order valence-electron chi connectivity index (χ3n) is 3.56. The molecule has 1 aromatic carbocycles. The molecule has 1 aliphatic rings. The van der Waals surface area contributed by atoms with Gasteiger partial charge in [0.25, 0.3) is 0 Å². The van der Waals surface area contributed by atoms with Crippen molar-refractivity contribution in [3.05, 3.63) is 35.9 Å². The molecule has 2 unspecified atom stereocenters. The van der Waals surface area contributed by atoms with Crippen LogP contribution in [-0.2, 0) is 14.3 Å². The molecule has 4 nitrogen and oxygen atoms in total. The molecule has 0 spiro atoms. The van der Waals surface area contributed by atoms with E-state index in [1.807, 2.05) is 6.07 Å². The summed E-state index contributed by atoms with van der Waals surface area (Å²) in [6.07, 6.45) is 1.04. The Bertz CT molecular complexity index is 484. The first-order valence-corrected chi connectivity index (χ1v) is 6.33. The Morgan fingerprint density at radius 3 is 2.53 bits per heavy atom. The number of ether oxygens (including phenoxy) is 1. The van der Waals surface area contributed by atoms with E-state index < -0.39 is 11.9 Å². The van der Waals surface area contributed by atoms with Crippen LogP contribution in [0, 0.1) is 11.8 Å². The number of rotatable bonds is 3. The highest BCUT2D eigenvalue weighted by molar-refractivity contribution is 6.03. The van der Waals surface area contributed by atoms with Crippen LogP contribution in [-0.4, -0.2) is 24.6 Å². The summed E-state index contributed by atoms with van der Waals surface area (Å²) < 4.78 is 4.62. The van der Waals surface area contributed by atoms with Crippen LogP contribution in [0.5, 0.6) is 0 Å². The van der Waals surface area contributed by atoms with Crippen LogP contribution in [0.25, 0.3) is 0 Å². The van der Waals surface area contributed by atoms with Crippen molar-refractivity contribution in [1.82, 2.24) is 0 Å². The van der Waals surface area contributed by atoms with E-state index in [4.69, 9.17) is 0 Å².